The molecular weight excluding hydrogens is 99.5 g/mol. The third-order valence-electron chi connectivity index (χ3n) is 0.707. The van der Waals surface area contributed by atoms with Crippen LogP contribution in [-0.2, 0) is 0 Å². The molecule has 0 spiro atoms. The lowest BCUT2D eigenvalue weighted by molar-refractivity contribution is 0.527. The zero-order valence-corrected chi connectivity index (χ0v) is 4.55. The lowest BCUT2D eigenvalue weighted by Gasteiger charge is -2.09. The van der Waals surface area contributed by atoms with E-state index in [1.165, 1.54) is 19.5 Å². The number of halogens is 1. The van der Waals surface area contributed by atoms with E-state index in [1.807, 2.05) is 0 Å². The molecule has 0 radical (unpaired) electrons. The first-order valence-electron chi connectivity index (χ1n) is 1.71. The molecule has 0 aromatic heterocycles. The van der Waals surface area contributed by atoms with Crippen LogP contribution < -0.4 is 11.5 Å². The molecule has 1 saturated heterocycles. The van der Waals surface area contributed by atoms with Gasteiger partial charge in [0.2, 0.25) is 0 Å². The van der Waals surface area contributed by atoms with Crippen molar-refractivity contribution in [1.82, 2.24) is 11.5 Å². The van der Waals surface area contributed by atoms with Crippen molar-refractivity contribution in [3.63, 3.8) is 0 Å². The maximum atomic E-state index is 3.11. The first kappa shape index (κ1) is 9.51. The Balaban J connectivity index is 0. The van der Waals surface area contributed by atoms with Crippen molar-refractivity contribution in [2.24, 2.45) is 0 Å². The SMILES string of the molecule is C1CNC1.Cl.N. The van der Waals surface area contributed by atoms with Crippen LogP contribution in [0.25, 0.3) is 0 Å². The Morgan fingerprint density at radius 3 is 1.33 bits per heavy atom. The minimum atomic E-state index is 0. The second-order valence-electron chi connectivity index (χ2n) is 1.10. The van der Waals surface area contributed by atoms with Gasteiger partial charge in [0.25, 0.3) is 0 Å². The monoisotopic (exact) mass is 110 g/mol. The molecule has 1 fully saturated rings. The number of nitrogens with one attached hydrogen (secondary N) is 1. The van der Waals surface area contributed by atoms with Gasteiger partial charge in [-0.2, -0.15) is 0 Å². The van der Waals surface area contributed by atoms with E-state index < -0.39 is 0 Å². The number of hydrogen-bond acceptors (Lipinski definition) is 2. The van der Waals surface area contributed by atoms with E-state index in [0.29, 0.717) is 0 Å². The van der Waals surface area contributed by atoms with Crippen LogP contribution in [0.15, 0.2) is 0 Å². The lowest BCUT2D eigenvalue weighted by atomic mass is 10.3. The average Bonchev–Trinajstić information content (AvgIpc) is 0.722. The molecular formula is C3H11ClN2. The van der Waals surface area contributed by atoms with Crippen molar-refractivity contribution in [1.29, 1.82) is 0 Å². The first-order valence-corrected chi connectivity index (χ1v) is 1.71. The highest BCUT2D eigenvalue weighted by Crippen LogP contribution is 1.80. The summed E-state index contributed by atoms with van der Waals surface area (Å²) in [6, 6.07) is 0. The first-order chi connectivity index (χ1) is 2.00. The molecule has 1 heterocycles. The van der Waals surface area contributed by atoms with Crippen LogP contribution in [0, 0.1) is 0 Å². The molecule has 40 valence electrons. The minimum Gasteiger partial charge on any atom is -0.344 e. The van der Waals surface area contributed by atoms with Crippen molar-refractivity contribution >= 4 is 12.4 Å². The largest absolute Gasteiger partial charge is 0.344 e. The molecule has 0 atom stereocenters. The van der Waals surface area contributed by atoms with Crippen molar-refractivity contribution < 1.29 is 0 Å². The maximum Gasteiger partial charge on any atom is -0.00368 e. The van der Waals surface area contributed by atoms with Gasteiger partial charge in [0.1, 0.15) is 0 Å². The molecule has 1 aliphatic rings. The van der Waals surface area contributed by atoms with Crippen LogP contribution >= 0.6 is 12.4 Å². The predicted molar refractivity (Wildman–Crippen MR) is 29.8 cm³/mol. The molecule has 0 aromatic rings. The molecule has 0 aromatic carbocycles. The van der Waals surface area contributed by atoms with E-state index in [0.717, 1.165) is 0 Å². The van der Waals surface area contributed by atoms with Crippen LogP contribution in [-0.4, -0.2) is 13.1 Å². The van der Waals surface area contributed by atoms with Gasteiger partial charge >= 0.3 is 0 Å². The van der Waals surface area contributed by atoms with Gasteiger partial charge in [-0.25, -0.2) is 0 Å². The fourth-order valence-electron chi connectivity index (χ4n) is 0.177. The Bertz CT molecular complexity index is 16.8. The molecule has 0 amide bonds. The Labute approximate surface area is 44.3 Å². The summed E-state index contributed by atoms with van der Waals surface area (Å²) in [6.07, 6.45) is 1.39. The van der Waals surface area contributed by atoms with E-state index in [2.05, 4.69) is 5.32 Å². The van der Waals surface area contributed by atoms with Crippen LogP contribution in [0.3, 0.4) is 0 Å². The van der Waals surface area contributed by atoms with Crippen molar-refractivity contribution in [2.75, 3.05) is 13.1 Å². The summed E-state index contributed by atoms with van der Waals surface area (Å²) in [5, 5.41) is 3.11. The molecule has 2 nitrogen and oxygen atoms in total. The summed E-state index contributed by atoms with van der Waals surface area (Å²) >= 11 is 0. The standard InChI is InChI=1S/C3H7N.ClH.H3N/c1-2-4-3-1;;/h4H,1-3H2;1H;1H3. The summed E-state index contributed by atoms with van der Waals surface area (Å²) in [6.45, 7) is 2.50. The molecule has 6 heavy (non-hydrogen) atoms. The topological polar surface area (TPSA) is 47.0 Å². The van der Waals surface area contributed by atoms with Crippen LogP contribution in [0.5, 0.6) is 0 Å². The molecule has 0 bridgehead atoms. The molecule has 3 heteroatoms. The smallest absolute Gasteiger partial charge is 0.00368 e. The Hall–Kier alpha value is 0.210. The Morgan fingerprint density at radius 1 is 1.17 bits per heavy atom. The highest BCUT2D eigenvalue weighted by molar-refractivity contribution is 5.85. The van der Waals surface area contributed by atoms with Gasteiger partial charge in [-0.1, -0.05) is 0 Å². The third-order valence-corrected chi connectivity index (χ3v) is 0.707. The number of hydrogen-bond donors (Lipinski definition) is 2. The molecule has 0 unspecified atom stereocenters. The second kappa shape index (κ2) is 5.21. The fourth-order valence-corrected chi connectivity index (χ4v) is 0.177. The van der Waals surface area contributed by atoms with Crippen LogP contribution in [0.2, 0.25) is 0 Å². The van der Waals surface area contributed by atoms with Gasteiger partial charge < -0.3 is 11.5 Å². The van der Waals surface area contributed by atoms with E-state index >= 15 is 0 Å². The Kier molecular flexibility index (Phi) is 8.26. The number of rotatable bonds is 0. The highest BCUT2D eigenvalue weighted by Gasteiger charge is 1.92. The zero-order valence-electron chi connectivity index (χ0n) is 3.74. The van der Waals surface area contributed by atoms with Crippen molar-refractivity contribution in [2.45, 2.75) is 6.42 Å². The van der Waals surface area contributed by atoms with E-state index in [1.54, 1.807) is 0 Å². The van der Waals surface area contributed by atoms with Crippen molar-refractivity contribution in [3.8, 4) is 0 Å². The normalized spacial score (nSPS) is 16.0. The lowest BCUT2D eigenvalue weighted by Crippen LogP contribution is -2.29. The molecule has 4 N–H and O–H groups in total. The van der Waals surface area contributed by atoms with Gasteiger partial charge in [-0.05, 0) is 19.5 Å². The second-order valence-corrected chi connectivity index (χ2v) is 1.10. The van der Waals surface area contributed by atoms with Gasteiger partial charge in [0.15, 0.2) is 0 Å². The molecule has 0 aliphatic carbocycles. The summed E-state index contributed by atoms with van der Waals surface area (Å²) < 4.78 is 0. The van der Waals surface area contributed by atoms with Crippen molar-refractivity contribution in [3.05, 3.63) is 0 Å². The van der Waals surface area contributed by atoms with Gasteiger partial charge in [0, 0.05) is 0 Å². The summed E-state index contributed by atoms with van der Waals surface area (Å²) in [7, 11) is 0. The van der Waals surface area contributed by atoms with Crippen LogP contribution in [0.4, 0.5) is 0 Å². The van der Waals surface area contributed by atoms with Crippen LogP contribution in [0.1, 0.15) is 6.42 Å². The average molecular weight is 111 g/mol. The summed E-state index contributed by atoms with van der Waals surface area (Å²) in [5.74, 6) is 0. The van der Waals surface area contributed by atoms with Gasteiger partial charge in [-0.15, -0.1) is 12.4 Å². The van der Waals surface area contributed by atoms with Gasteiger partial charge in [0.05, 0.1) is 0 Å². The highest BCUT2D eigenvalue weighted by atomic mass is 35.5. The van der Waals surface area contributed by atoms with E-state index in [9.17, 15) is 0 Å². The molecule has 1 aliphatic heterocycles. The van der Waals surface area contributed by atoms with E-state index in [4.69, 9.17) is 0 Å². The predicted octanol–water partition coefficient (Wildman–Crippen LogP) is 0.563. The molecule has 1 rings (SSSR count). The Morgan fingerprint density at radius 2 is 1.33 bits per heavy atom. The van der Waals surface area contributed by atoms with E-state index in [-0.39, 0.29) is 18.6 Å². The minimum absolute atomic E-state index is 0. The molecule has 0 saturated carbocycles. The third kappa shape index (κ3) is 2.45. The maximum absolute atomic E-state index is 3.11. The quantitative estimate of drug-likeness (QED) is 0.479. The summed E-state index contributed by atoms with van der Waals surface area (Å²) in [5.41, 5.74) is 0. The summed E-state index contributed by atoms with van der Waals surface area (Å²) in [4.78, 5) is 0. The van der Waals surface area contributed by atoms with Gasteiger partial charge in [-0.3, -0.25) is 0 Å². The zero-order chi connectivity index (χ0) is 2.83. The fraction of sp³-hybridized carbons (Fsp3) is 1.00.